The number of nitro groups is 1. The number of carboxylic acids is 1. The lowest BCUT2D eigenvalue weighted by molar-refractivity contribution is -0.385. The number of carbonyl (C=O) groups is 2. The van der Waals surface area contributed by atoms with Crippen molar-refractivity contribution in [2.24, 2.45) is 5.92 Å². The zero-order valence-corrected chi connectivity index (χ0v) is 15.2. The number of amides is 1. The van der Waals surface area contributed by atoms with Crippen molar-refractivity contribution in [2.75, 3.05) is 0 Å². The summed E-state index contributed by atoms with van der Waals surface area (Å²) < 4.78 is 5.18. The van der Waals surface area contributed by atoms with Crippen molar-refractivity contribution >= 4 is 17.7 Å². The van der Waals surface area contributed by atoms with Gasteiger partial charge in [-0.1, -0.05) is 13.0 Å². The smallest absolute Gasteiger partial charge is 0.407 e. The minimum absolute atomic E-state index is 0.114. The number of rotatable bonds is 7. The lowest BCUT2D eigenvalue weighted by Crippen LogP contribution is -2.41. The first kappa shape index (κ1) is 21.2. The maximum atomic E-state index is 12.0. The summed E-state index contributed by atoms with van der Waals surface area (Å²) in [4.78, 5) is 33.4. The van der Waals surface area contributed by atoms with Gasteiger partial charge in [0, 0.05) is 12.1 Å². The van der Waals surface area contributed by atoms with Gasteiger partial charge in [-0.3, -0.25) is 14.9 Å². The summed E-state index contributed by atoms with van der Waals surface area (Å²) in [6.45, 7) is 6.60. The van der Waals surface area contributed by atoms with Gasteiger partial charge in [0.1, 0.15) is 5.60 Å². The van der Waals surface area contributed by atoms with Gasteiger partial charge in [-0.2, -0.15) is 0 Å². The van der Waals surface area contributed by atoms with Gasteiger partial charge in [0.15, 0.2) is 5.75 Å². The number of phenolic OH excluding ortho intramolecular Hbond substituents is 1. The molecule has 1 rings (SSSR count). The van der Waals surface area contributed by atoms with Gasteiger partial charge in [-0.15, -0.1) is 0 Å². The molecule has 0 saturated heterocycles. The zero-order valence-electron chi connectivity index (χ0n) is 15.2. The molecule has 1 aromatic carbocycles. The van der Waals surface area contributed by atoms with E-state index in [4.69, 9.17) is 9.84 Å². The number of phenols is 1. The summed E-state index contributed by atoms with van der Waals surface area (Å²) in [7, 11) is 0. The number of hydrogen-bond acceptors (Lipinski definition) is 6. The molecule has 0 saturated carbocycles. The largest absolute Gasteiger partial charge is 0.502 e. The van der Waals surface area contributed by atoms with Crippen LogP contribution in [0.25, 0.3) is 0 Å². The molecule has 0 heterocycles. The summed E-state index contributed by atoms with van der Waals surface area (Å²) in [5, 5.41) is 32.2. The fraction of sp³-hybridized carbons (Fsp3) is 0.529. The molecule has 0 radical (unpaired) electrons. The third kappa shape index (κ3) is 6.96. The lowest BCUT2D eigenvalue weighted by Gasteiger charge is -2.24. The van der Waals surface area contributed by atoms with Gasteiger partial charge >= 0.3 is 17.7 Å². The Morgan fingerprint density at radius 3 is 2.46 bits per heavy atom. The Morgan fingerprint density at radius 2 is 1.96 bits per heavy atom. The highest BCUT2D eigenvalue weighted by molar-refractivity contribution is 5.70. The van der Waals surface area contributed by atoms with Gasteiger partial charge in [-0.25, -0.2) is 4.79 Å². The molecule has 0 aromatic heterocycles. The third-order valence-electron chi connectivity index (χ3n) is 3.50. The van der Waals surface area contributed by atoms with E-state index < -0.39 is 46.0 Å². The van der Waals surface area contributed by atoms with Crippen LogP contribution in [-0.4, -0.2) is 38.8 Å². The van der Waals surface area contributed by atoms with Crippen LogP contribution in [0, 0.1) is 16.0 Å². The summed E-state index contributed by atoms with van der Waals surface area (Å²) >= 11 is 0. The highest BCUT2D eigenvalue weighted by Gasteiger charge is 2.24. The highest BCUT2D eigenvalue weighted by Crippen LogP contribution is 2.27. The topological polar surface area (TPSA) is 139 Å². The minimum atomic E-state index is -1.02. The van der Waals surface area contributed by atoms with Gasteiger partial charge in [0.2, 0.25) is 0 Å². The van der Waals surface area contributed by atoms with E-state index in [-0.39, 0.29) is 12.8 Å². The number of hydrogen-bond donors (Lipinski definition) is 3. The standard InChI is InChI=1S/C17H24N2O7/c1-10(15(21)22)7-12(18-16(23)26-17(2,3)4)8-11-5-6-14(20)13(9-11)19(24)25/h5-6,9-10,12,20H,7-8H2,1-4H3,(H,18,23)(H,21,22). The maximum Gasteiger partial charge on any atom is 0.407 e. The Balaban J connectivity index is 2.98. The summed E-state index contributed by atoms with van der Waals surface area (Å²) in [5.41, 5.74) is -0.692. The molecule has 2 unspecified atom stereocenters. The second-order valence-electron chi connectivity index (χ2n) is 7.10. The molecule has 1 aromatic rings. The first-order valence-electron chi connectivity index (χ1n) is 8.07. The van der Waals surface area contributed by atoms with Crippen LogP contribution in [0.1, 0.15) is 39.7 Å². The average molecular weight is 368 g/mol. The quantitative estimate of drug-likeness (QED) is 0.496. The summed E-state index contributed by atoms with van der Waals surface area (Å²) in [6, 6.07) is 3.26. The number of nitrogens with zero attached hydrogens (tertiary/aromatic N) is 1. The average Bonchev–Trinajstić information content (AvgIpc) is 2.46. The molecule has 26 heavy (non-hydrogen) atoms. The van der Waals surface area contributed by atoms with Gasteiger partial charge in [0.05, 0.1) is 10.8 Å². The van der Waals surface area contributed by atoms with E-state index in [0.717, 1.165) is 0 Å². The van der Waals surface area contributed by atoms with Crippen LogP contribution in [-0.2, 0) is 16.0 Å². The number of carboxylic acid groups (broad SMARTS) is 1. The number of carbonyl (C=O) groups excluding carboxylic acids is 1. The van der Waals surface area contributed by atoms with Gasteiger partial charge in [-0.05, 0) is 45.2 Å². The molecule has 9 heteroatoms. The molecule has 0 fully saturated rings. The van der Waals surface area contributed by atoms with E-state index in [2.05, 4.69) is 5.32 Å². The van der Waals surface area contributed by atoms with Crippen LogP contribution in [0.4, 0.5) is 10.5 Å². The van der Waals surface area contributed by atoms with Crippen LogP contribution < -0.4 is 5.32 Å². The first-order chi connectivity index (χ1) is 11.9. The number of aliphatic carboxylic acids is 1. The first-order valence-corrected chi connectivity index (χ1v) is 8.07. The van der Waals surface area contributed by atoms with E-state index >= 15 is 0 Å². The molecule has 0 spiro atoms. The Morgan fingerprint density at radius 1 is 1.35 bits per heavy atom. The fourth-order valence-electron chi connectivity index (χ4n) is 2.32. The van der Waals surface area contributed by atoms with Crippen molar-refractivity contribution in [1.29, 1.82) is 0 Å². The van der Waals surface area contributed by atoms with Crippen molar-refractivity contribution < 1.29 is 29.5 Å². The van der Waals surface area contributed by atoms with E-state index in [0.29, 0.717) is 5.56 Å². The van der Waals surface area contributed by atoms with E-state index in [1.165, 1.54) is 25.1 Å². The molecule has 144 valence electrons. The number of ether oxygens (including phenoxy) is 1. The van der Waals surface area contributed by atoms with E-state index in [1.807, 2.05) is 0 Å². The van der Waals surface area contributed by atoms with E-state index in [1.54, 1.807) is 20.8 Å². The van der Waals surface area contributed by atoms with Crippen molar-refractivity contribution in [2.45, 2.75) is 52.2 Å². The van der Waals surface area contributed by atoms with Gasteiger partial charge < -0.3 is 20.3 Å². The predicted octanol–water partition coefficient (Wildman–Crippen LogP) is 2.85. The highest BCUT2D eigenvalue weighted by atomic mass is 16.6. The monoisotopic (exact) mass is 368 g/mol. The van der Waals surface area contributed by atoms with Crippen LogP contribution in [0.2, 0.25) is 0 Å². The number of nitrogens with one attached hydrogen (secondary N) is 1. The predicted molar refractivity (Wildman–Crippen MR) is 93.0 cm³/mol. The molecular formula is C17H24N2O7. The van der Waals surface area contributed by atoms with Crippen molar-refractivity contribution in [3.63, 3.8) is 0 Å². The number of benzene rings is 1. The molecule has 0 bridgehead atoms. The Hall–Kier alpha value is -2.84. The fourth-order valence-corrected chi connectivity index (χ4v) is 2.32. The van der Waals surface area contributed by atoms with Crippen molar-refractivity contribution in [3.05, 3.63) is 33.9 Å². The van der Waals surface area contributed by atoms with Crippen LogP contribution in [0.3, 0.4) is 0 Å². The zero-order chi connectivity index (χ0) is 20.1. The number of nitro benzene ring substituents is 1. The molecule has 9 nitrogen and oxygen atoms in total. The molecule has 1 amide bonds. The molecule has 3 N–H and O–H groups in total. The van der Waals surface area contributed by atoms with Crippen LogP contribution >= 0.6 is 0 Å². The van der Waals surface area contributed by atoms with E-state index in [9.17, 15) is 24.8 Å². The number of alkyl carbamates (subject to hydrolysis) is 1. The van der Waals surface area contributed by atoms with Crippen molar-refractivity contribution in [3.8, 4) is 5.75 Å². The van der Waals surface area contributed by atoms with Crippen LogP contribution in [0.15, 0.2) is 18.2 Å². The summed E-state index contributed by atoms with van der Waals surface area (Å²) in [5.74, 6) is -2.21. The molecule has 0 aliphatic carbocycles. The van der Waals surface area contributed by atoms with Gasteiger partial charge in [0.25, 0.3) is 0 Å². The second-order valence-corrected chi connectivity index (χ2v) is 7.10. The molecule has 2 atom stereocenters. The molecule has 0 aliphatic rings. The second kappa shape index (κ2) is 8.50. The Bertz CT molecular complexity index is 682. The van der Waals surface area contributed by atoms with Crippen molar-refractivity contribution in [1.82, 2.24) is 5.32 Å². The van der Waals surface area contributed by atoms with Crippen LogP contribution in [0.5, 0.6) is 5.75 Å². The summed E-state index contributed by atoms with van der Waals surface area (Å²) in [6.07, 6.45) is -0.435. The third-order valence-corrected chi connectivity index (χ3v) is 3.50. The molecule has 0 aliphatic heterocycles. The molecular weight excluding hydrogens is 344 g/mol. The normalized spacial score (nSPS) is 13.5. The minimum Gasteiger partial charge on any atom is -0.502 e. The SMILES string of the molecule is CC(CC(Cc1ccc(O)c([N+](=O)[O-])c1)NC(=O)OC(C)(C)C)C(=O)O. The maximum absolute atomic E-state index is 12.0. The Kier molecular flexibility index (Phi) is 6.93. The number of aromatic hydroxyl groups is 1. The lowest BCUT2D eigenvalue weighted by atomic mass is 9.96. The Labute approximate surface area is 151 Å².